The molecule has 0 aromatic heterocycles. The van der Waals surface area contributed by atoms with Crippen LogP contribution in [0.25, 0.3) is 0 Å². The molecule has 0 fully saturated rings. The van der Waals surface area contributed by atoms with E-state index in [4.69, 9.17) is 4.74 Å². The Bertz CT molecular complexity index is 493. The summed E-state index contributed by atoms with van der Waals surface area (Å²) in [6.07, 6.45) is 0. The van der Waals surface area contributed by atoms with Crippen molar-refractivity contribution < 1.29 is 9.13 Å². The molecule has 88 valence electrons. The van der Waals surface area contributed by atoms with Crippen LogP contribution < -0.4 is 4.74 Å². The molecule has 0 radical (unpaired) electrons. The van der Waals surface area contributed by atoms with Crippen molar-refractivity contribution in [3.63, 3.8) is 0 Å². The van der Waals surface area contributed by atoms with Gasteiger partial charge in [0.2, 0.25) is 0 Å². The van der Waals surface area contributed by atoms with Crippen LogP contribution in [0.4, 0.5) is 4.39 Å². The fraction of sp³-hybridized carbons (Fsp3) is 0.0769. The molecule has 0 heterocycles. The predicted octanol–water partition coefficient (Wildman–Crippen LogP) is 4.77. The highest BCUT2D eigenvalue weighted by atomic mass is 127. The van der Waals surface area contributed by atoms with E-state index in [1.807, 2.05) is 30.3 Å². The first-order chi connectivity index (χ1) is 8.16. The van der Waals surface area contributed by atoms with Crippen molar-refractivity contribution in [3.05, 3.63) is 61.9 Å². The largest absolute Gasteiger partial charge is 0.487 e. The fourth-order valence-corrected chi connectivity index (χ4v) is 3.06. The Kier molecular flexibility index (Phi) is 4.39. The molecule has 4 heteroatoms. The van der Waals surface area contributed by atoms with Gasteiger partial charge in [-0.15, -0.1) is 0 Å². The van der Waals surface area contributed by atoms with Crippen LogP contribution in [0.15, 0.2) is 46.9 Å². The summed E-state index contributed by atoms with van der Waals surface area (Å²) in [7, 11) is 0. The minimum Gasteiger partial charge on any atom is -0.487 e. The molecule has 2 rings (SSSR count). The lowest BCUT2D eigenvalue weighted by molar-refractivity contribution is 0.301. The molecule has 0 saturated heterocycles. The van der Waals surface area contributed by atoms with Crippen LogP contribution in [0.5, 0.6) is 5.75 Å². The smallest absolute Gasteiger partial charge is 0.147 e. The van der Waals surface area contributed by atoms with Crippen molar-refractivity contribution in [2.45, 2.75) is 6.61 Å². The molecular weight excluding hydrogens is 398 g/mol. The maximum Gasteiger partial charge on any atom is 0.147 e. The second-order valence-electron chi connectivity index (χ2n) is 3.47. The lowest BCUT2D eigenvalue weighted by Gasteiger charge is -2.10. The molecule has 0 N–H and O–H groups in total. The molecule has 0 aliphatic rings. The van der Waals surface area contributed by atoms with Gasteiger partial charge in [0.05, 0.1) is 8.04 Å². The molecule has 1 nitrogen and oxygen atoms in total. The number of ether oxygens (including phenoxy) is 1. The number of hydrogen-bond acceptors (Lipinski definition) is 1. The summed E-state index contributed by atoms with van der Waals surface area (Å²) in [4.78, 5) is 0. The second-order valence-corrected chi connectivity index (χ2v) is 5.49. The topological polar surface area (TPSA) is 9.23 Å². The second kappa shape index (κ2) is 5.82. The monoisotopic (exact) mass is 406 g/mol. The minimum atomic E-state index is -0.270. The summed E-state index contributed by atoms with van der Waals surface area (Å²) in [5, 5.41) is 0. The first-order valence-corrected chi connectivity index (χ1v) is 6.85. The molecule has 0 unspecified atom stereocenters. The Morgan fingerprint density at radius 1 is 1.18 bits per heavy atom. The lowest BCUT2D eigenvalue weighted by Crippen LogP contribution is -1.98. The van der Waals surface area contributed by atoms with E-state index in [1.54, 1.807) is 0 Å². The Morgan fingerprint density at radius 3 is 2.53 bits per heavy atom. The molecule has 0 bridgehead atoms. The Hall–Kier alpha value is -0.620. The van der Waals surface area contributed by atoms with Crippen molar-refractivity contribution in [1.82, 2.24) is 0 Å². The highest BCUT2D eigenvalue weighted by molar-refractivity contribution is 14.1. The van der Waals surface area contributed by atoms with Gasteiger partial charge in [-0.1, -0.05) is 30.3 Å². The van der Waals surface area contributed by atoms with E-state index in [2.05, 4.69) is 38.5 Å². The molecule has 0 aliphatic heterocycles. The Morgan fingerprint density at radius 2 is 1.88 bits per heavy atom. The number of hydrogen-bond donors (Lipinski definition) is 0. The van der Waals surface area contributed by atoms with Crippen LogP contribution in [0.3, 0.4) is 0 Å². The third kappa shape index (κ3) is 3.42. The van der Waals surface area contributed by atoms with Crippen molar-refractivity contribution in [3.8, 4) is 5.75 Å². The van der Waals surface area contributed by atoms with Gasteiger partial charge in [-0.05, 0) is 56.2 Å². The van der Waals surface area contributed by atoms with Crippen molar-refractivity contribution in [2.75, 3.05) is 0 Å². The minimum absolute atomic E-state index is 0.270. The van der Waals surface area contributed by atoms with Gasteiger partial charge in [0.1, 0.15) is 18.2 Å². The van der Waals surface area contributed by atoms with Gasteiger partial charge in [-0.2, -0.15) is 0 Å². The maximum atomic E-state index is 13.1. The van der Waals surface area contributed by atoms with Crippen LogP contribution in [0.2, 0.25) is 0 Å². The van der Waals surface area contributed by atoms with E-state index in [1.165, 1.54) is 12.1 Å². The summed E-state index contributed by atoms with van der Waals surface area (Å²) in [6, 6.07) is 12.7. The first kappa shape index (κ1) is 12.8. The highest BCUT2D eigenvalue weighted by Gasteiger charge is 2.09. The molecule has 17 heavy (non-hydrogen) atoms. The number of halogens is 3. The summed E-state index contributed by atoms with van der Waals surface area (Å²) in [5.41, 5.74) is 1.08. The molecule has 2 aromatic rings. The van der Waals surface area contributed by atoms with E-state index in [-0.39, 0.29) is 5.82 Å². The Labute approximate surface area is 121 Å². The Balaban J connectivity index is 2.15. The third-order valence-corrected chi connectivity index (χ3v) is 3.58. The average Bonchev–Trinajstić information content (AvgIpc) is 2.29. The van der Waals surface area contributed by atoms with E-state index in [0.29, 0.717) is 16.8 Å². The van der Waals surface area contributed by atoms with Crippen LogP contribution in [0.1, 0.15) is 5.56 Å². The lowest BCUT2D eigenvalue weighted by atomic mass is 10.2. The quantitative estimate of drug-likeness (QED) is 0.667. The molecule has 0 aliphatic carbocycles. The molecule has 0 spiro atoms. The average molecular weight is 407 g/mol. The molecular formula is C13H9BrFIO. The zero-order valence-corrected chi connectivity index (χ0v) is 12.5. The maximum absolute atomic E-state index is 13.1. The van der Waals surface area contributed by atoms with E-state index >= 15 is 0 Å². The standard InChI is InChI=1S/C13H9BrFIO/c14-11-6-10(15)7-12(16)13(11)17-8-9-4-2-1-3-5-9/h1-7H,8H2. The van der Waals surface area contributed by atoms with Crippen molar-refractivity contribution in [2.24, 2.45) is 0 Å². The normalized spacial score (nSPS) is 10.3. The van der Waals surface area contributed by atoms with Crippen LogP contribution in [-0.2, 0) is 6.61 Å². The molecule has 0 amide bonds. The van der Waals surface area contributed by atoms with Crippen LogP contribution in [-0.4, -0.2) is 0 Å². The fourth-order valence-electron chi connectivity index (χ4n) is 1.40. The van der Waals surface area contributed by atoms with Crippen molar-refractivity contribution >= 4 is 38.5 Å². The van der Waals surface area contributed by atoms with Gasteiger partial charge in [0.15, 0.2) is 0 Å². The van der Waals surface area contributed by atoms with Gasteiger partial charge in [-0.25, -0.2) is 4.39 Å². The molecule has 2 aromatic carbocycles. The molecule has 0 saturated carbocycles. The first-order valence-electron chi connectivity index (χ1n) is 4.98. The zero-order chi connectivity index (χ0) is 12.3. The highest BCUT2D eigenvalue weighted by Crippen LogP contribution is 2.32. The summed E-state index contributed by atoms with van der Waals surface area (Å²) in [6.45, 7) is 0.473. The predicted molar refractivity (Wildman–Crippen MR) is 77.6 cm³/mol. The zero-order valence-electron chi connectivity index (χ0n) is 8.79. The van der Waals surface area contributed by atoms with E-state index in [0.717, 1.165) is 9.13 Å². The molecule has 0 atom stereocenters. The van der Waals surface area contributed by atoms with Gasteiger partial charge in [0, 0.05) is 0 Å². The van der Waals surface area contributed by atoms with Gasteiger partial charge < -0.3 is 4.74 Å². The van der Waals surface area contributed by atoms with E-state index in [9.17, 15) is 4.39 Å². The summed E-state index contributed by atoms with van der Waals surface area (Å²) in [5.74, 6) is 0.407. The van der Waals surface area contributed by atoms with Crippen LogP contribution in [0, 0.1) is 9.39 Å². The third-order valence-electron chi connectivity index (χ3n) is 2.19. The van der Waals surface area contributed by atoms with Crippen molar-refractivity contribution in [1.29, 1.82) is 0 Å². The van der Waals surface area contributed by atoms with Gasteiger partial charge >= 0.3 is 0 Å². The van der Waals surface area contributed by atoms with Crippen LogP contribution >= 0.6 is 38.5 Å². The number of rotatable bonds is 3. The van der Waals surface area contributed by atoms with Gasteiger partial charge in [-0.3, -0.25) is 0 Å². The number of benzene rings is 2. The van der Waals surface area contributed by atoms with Gasteiger partial charge in [0.25, 0.3) is 0 Å². The SMILES string of the molecule is Fc1cc(Br)c(OCc2ccccc2)c(I)c1. The summed E-state index contributed by atoms with van der Waals surface area (Å²) < 4.78 is 20.2. The summed E-state index contributed by atoms with van der Waals surface area (Å²) >= 11 is 5.36. The van der Waals surface area contributed by atoms with E-state index < -0.39 is 0 Å².